The molecule has 0 aliphatic rings. The molecule has 0 aliphatic heterocycles. The number of para-hydroxylation sites is 1. The fourth-order valence-electron chi connectivity index (χ4n) is 3.05. The van der Waals surface area contributed by atoms with Crippen LogP contribution >= 0.6 is 34.8 Å². The summed E-state index contributed by atoms with van der Waals surface area (Å²) in [6.07, 6.45) is 0. The van der Waals surface area contributed by atoms with Crippen molar-refractivity contribution in [3.63, 3.8) is 0 Å². The van der Waals surface area contributed by atoms with E-state index in [4.69, 9.17) is 34.8 Å². The Hall–Kier alpha value is -2.86. The number of nitrogens with one attached hydrogen (secondary N) is 1. The van der Waals surface area contributed by atoms with Crippen LogP contribution in [0.15, 0.2) is 60.7 Å². The van der Waals surface area contributed by atoms with Crippen molar-refractivity contribution in [2.24, 2.45) is 0 Å². The van der Waals surface area contributed by atoms with Gasteiger partial charge in [-0.1, -0.05) is 53.0 Å². The van der Waals surface area contributed by atoms with E-state index in [1.807, 2.05) is 50.2 Å². The van der Waals surface area contributed by atoms with E-state index in [9.17, 15) is 4.79 Å². The van der Waals surface area contributed by atoms with Gasteiger partial charge in [-0.2, -0.15) is 0 Å². The van der Waals surface area contributed by atoms with Crippen LogP contribution in [0.2, 0.25) is 15.1 Å². The van der Waals surface area contributed by atoms with Crippen molar-refractivity contribution in [3.8, 4) is 17.1 Å². The van der Waals surface area contributed by atoms with Crippen LogP contribution < -0.4 is 5.32 Å². The van der Waals surface area contributed by atoms with Gasteiger partial charge in [0.25, 0.3) is 5.91 Å². The molecule has 8 heteroatoms. The quantitative estimate of drug-likeness (QED) is 0.357. The predicted octanol–water partition coefficient (Wildman–Crippen LogP) is 6.76. The summed E-state index contributed by atoms with van der Waals surface area (Å²) in [5.41, 5.74) is 3.73. The van der Waals surface area contributed by atoms with Crippen LogP contribution in [0.4, 0.5) is 5.69 Å². The summed E-state index contributed by atoms with van der Waals surface area (Å²) in [6, 6.07) is 18.1. The van der Waals surface area contributed by atoms with Gasteiger partial charge in [0.15, 0.2) is 5.82 Å². The van der Waals surface area contributed by atoms with E-state index in [-0.39, 0.29) is 5.82 Å². The molecule has 4 aromatic rings. The van der Waals surface area contributed by atoms with Gasteiger partial charge >= 0.3 is 0 Å². The lowest BCUT2D eigenvalue weighted by atomic mass is 10.2. The molecule has 0 saturated heterocycles. The van der Waals surface area contributed by atoms with Gasteiger partial charge in [-0.15, -0.1) is 5.10 Å². The number of carbonyl (C=O) groups excluding carboxylic acids is 1. The Morgan fingerprint density at radius 1 is 0.903 bits per heavy atom. The minimum absolute atomic E-state index is 0.000896. The third-order valence-corrected chi connectivity index (χ3v) is 5.75. The first-order chi connectivity index (χ1) is 14.8. The lowest BCUT2D eigenvalue weighted by molar-refractivity contribution is 0.101. The van der Waals surface area contributed by atoms with Gasteiger partial charge in [-0.25, -0.2) is 9.67 Å². The summed E-state index contributed by atoms with van der Waals surface area (Å²) in [5.74, 6) is 0.0157. The number of benzene rings is 3. The Morgan fingerprint density at radius 2 is 1.65 bits per heavy atom. The standard InChI is InChI=1S/C23H17Cl3N4O/c1-13-6-11-17(12-19(13)26)30-22(15-7-9-16(24)10-8-15)28-21(29-30)23(31)27-20-14(2)4-3-5-18(20)25/h3-12H,1-2H3,(H,27,31). The van der Waals surface area contributed by atoms with Crippen LogP contribution in [0, 0.1) is 13.8 Å². The molecule has 0 fully saturated rings. The first kappa shape index (κ1) is 21.4. The second-order valence-corrected chi connectivity index (χ2v) is 8.25. The Labute approximate surface area is 194 Å². The van der Waals surface area contributed by atoms with E-state index in [2.05, 4.69) is 15.4 Å². The van der Waals surface area contributed by atoms with Crippen molar-refractivity contribution in [1.29, 1.82) is 0 Å². The number of amides is 1. The van der Waals surface area contributed by atoms with Crippen LogP contribution in [-0.2, 0) is 0 Å². The van der Waals surface area contributed by atoms with E-state index in [0.29, 0.717) is 32.3 Å². The number of carbonyl (C=O) groups is 1. The molecule has 5 nitrogen and oxygen atoms in total. The number of rotatable bonds is 4. The third kappa shape index (κ3) is 4.44. The zero-order valence-electron chi connectivity index (χ0n) is 16.7. The first-order valence-corrected chi connectivity index (χ1v) is 10.5. The molecule has 0 unspecified atom stereocenters. The maximum Gasteiger partial charge on any atom is 0.295 e. The molecule has 0 atom stereocenters. The predicted molar refractivity (Wildman–Crippen MR) is 126 cm³/mol. The Bertz CT molecular complexity index is 1260. The van der Waals surface area contributed by atoms with Gasteiger partial charge in [-0.05, 0) is 67.4 Å². The van der Waals surface area contributed by atoms with Gasteiger partial charge in [0, 0.05) is 15.6 Å². The summed E-state index contributed by atoms with van der Waals surface area (Å²) in [5, 5.41) is 8.90. The van der Waals surface area contributed by atoms with Crippen molar-refractivity contribution < 1.29 is 4.79 Å². The van der Waals surface area contributed by atoms with Gasteiger partial charge in [-0.3, -0.25) is 4.79 Å². The maximum atomic E-state index is 13.0. The number of hydrogen-bond donors (Lipinski definition) is 1. The first-order valence-electron chi connectivity index (χ1n) is 9.39. The molecular formula is C23H17Cl3N4O. The van der Waals surface area contributed by atoms with Crippen LogP contribution in [0.1, 0.15) is 21.7 Å². The Balaban J connectivity index is 1.80. The molecule has 0 radical (unpaired) electrons. The van der Waals surface area contributed by atoms with Crippen LogP contribution in [0.3, 0.4) is 0 Å². The molecule has 0 aliphatic carbocycles. The molecular weight excluding hydrogens is 455 g/mol. The fourth-order valence-corrected chi connectivity index (χ4v) is 3.62. The third-order valence-electron chi connectivity index (χ3n) is 4.77. The highest BCUT2D eigenvalue weighted by Gasteiger charge is 2.20. The number of nitrogens with zero attached hydrogens (tertiary/aromatic N) is 3. The molecule has 156 valence electrons. The number of halogens is 3. The molecule has 31 heavy (non-hydrogen) atoms. The van der Waals surface area contributed by atoms with Crippen molar-refractivity contribution >= 4 is 46.4 Å². The van der Waals surface area contributed by atoms with Crippen LogP contribution in [-0.4, -0.2) is 20.7 Å². The van der Waals surface area contributed by atoms with E-state index in [1.54, 1.807) is 28.9 Å². The molecule has 1 heterocycles. The number of anilines is 1. The highest BCUT2D eigenvalue weighted by atomic mass is 35.5. The van der Waals surface area contributed by atoms with Gasteiger partial charge < -0.3 is 5.32 Å². The molecule has 0 bridgehead atoms. The van der Waals surface area contributed by atoms with E-state index in [1.165, 1.54) is 0 Å². The summed E-state index contributed by atoms with van der Waals surface area (Å²) in [6.45, 7) is 3.78. The smallest absolute Gasteiger partial charge is 0.295 e. The van der Waals surface area contributed by atoms with Crippen LogP contribution in [0.5, 0.6) is 0 Å². The van der Waals surface area contributed by atoms with Crippen molar-refractivity contribution in [2.75, 3.05) is 5.32 Å². The lowest BCUT2D eigenvalue weighted by Crippen LogP contribution is -2.15. The molecule has 0 saturated carbocycles. The van der Waals surface area contributed by atoms with Gasteiger partial charge in [0.05, 0.1) is 16.4 Å². The molecule has 1 N–H and O–H groups in total. The second kappa shape index (κ2) is 8.71. The number of aryl methyl sites for hydroxylation is 2. The Morgan fingerprint density at radius 3 is 2.32 bits per heavy atom. The largest absolute Gasteiger partial charge is 0.318 e. The highest BCUT2D eigenvalue weighted by Crippen LogP contribution is 2.28. The average Bonchev–Trinajstić information content (AvgIpc) is 3.19. The van der Waals surface area contributed by atoms with Crippen molar-refractivity contribution in [3.05, 3.63) is 92.7 Å². The minimum Gasteiger partial charge on any atom is -0.318 e. The summed E-state index contributed by atoms with van der Waals surface area (Å²) < 4.78 is 1.59. The van der Waals surface area contributed by atoms with Crippen molar-refractivity contribution in [1.82, 2.24) is 14.8 Å². The molecule has 0 spiro atoms. The van der Waals surface area contributed by atoms with E-state index >= 15 is 0 Å². The molecule has 4 rings (SSSR count). The SMILES string of the molecule is Cc1ccc(-n2nc(C(=O)Nc3c(C)cccc3Cl)nc2-c2ccc(Cl)cc2)cc1Cl. The minimum atomic E-state index is -0.469. The number of hydrogen-bond acceptors (Lipinski definition) is 3. The topological polar surface area (TPSA) is 59.8 Å². The normalized spacial score (nSPS) is 10.9. The summed E-state index contributed by atoms with van der Waals surface area (Å²) in [7, 11) is 0. The summed E-state index contributed by atoms with van der Waals surface area (Å²) in [4.78, 5) is 17.5. The van der Waals surface area contributed by atoms with Gasteiger partial charge in [0.2, 0.25) is 5.82 Å². The zero-order chi connectivity index (χ0) is 22.1. The molecule has 1 aromatic heterocycles. The second-order valence-electron chi connectivity index (χ2n) is 7.00. The van der Waals surface area contributed by atoms with Crippen molar-refractivity contribution in [2.45, 2.75) is 13.8 Å². The lowest BCUT2D eigenvalue weighted by Gasteiger charge is -2.08. The maximum absolute atomic E-state index is 13.0. The number of aromatic nitrogens is 3. The summed E-state index contributed by atoms with van der Waals surface area (Å²) >= 11 is 18.6. The highest BCUT2D eigenvalue weighted by molar-refractivity contribution is 6.34. The van der Waals surface area contributed by atoms with Crippen LogP contribution in [0.25, 0.3) is 17.1 Å². The van der Waals surface area contributed by atoms with E-state index < -0.39 is 5.91 Å². The zero-order valence-corrected chi connectivity index (χ0v) is 18.9. The average molecular weight is 472 g/mol. The monoisotopic (exact) mass is 470 g/mol. The Kier molecular flexibility index (Phi) is 6.01. The fraction of sp³-hybridized carbons (Fsp3) is 0.0870. The van der Waals surface area contributed by atoms with Gasteiger partial charge in [0.1, 0.15) is 0 Å². The molecule has 3 aromatic carbocycles. The van der Waals surface area contributed by atoms with E-state index in [0.717, 1.165) is 16.7 Å². The molecule has 1 amide bonds.